The average molecular weight is 423 g/mol. The van der Waals surface area contributed by atoms with Crippen molar-refractivity contribution in [3.8, 4) is 17.0 Å². The zero-order chi connectivity index (χ0) is 21.2. The molecule has 3 fully saturated rings. The molecule has 1 aromatic carbocycles. The van der Waals surface area contributed by atoms with E-state index in [-0.39, 0.29) is 0 Å². The Morgan fingerprint density at radius 3 is 2.68 bits per heavy atom. The van der Waals surface area contributed by atoms with Crippen molar-refractivity contribution in [1.82, 2.24) is 15.1 Å². The number of nitrogens with one attached hydrogen (secondary N) is 1. The van der Waals surface area contributed by atoms with Crippen molar-refractivity contribution in [2.24, 2.45) is 5.92 Å². The van der Waals surface area contributed by atoms with Crippen molar-refractivity contribution < 1.29 is 9.84 Å². The molecule has 6 heteroatoms. The van der Waals surface area contributed by atoms with Crippen LogP contribution in [0.15, 0.2) is 24.3 Å². The van der Waals surface area contributed by atoms with Crippen molar-refractivity contribution in [2.45, 2.75) is 57.4 Å². The molecule has 1 saturated carbocycles. The lowest BCUT2D eigenvalue weighted by atomic mass is 9.97. The molecule has 6 nitrogen and oxygen atoms in total. The maximum atomic E-state index is 10.5. The zero-order valence-electron chi connectivity index (χ0n) is 18.5. The van der Waals surface area contributed by atoms with Gasteiger partial charge in [0.15, 0.2) is 0 Å². The minimum Gasteiger partial charge on any atom is -0.507 e. The number of aryl methyl sites for hydroxylation is 1. The first-order valence-electron chi connectivity index (χ1n) is 11.9. The Hall–Kier alpha value is -2.18. The van der Waals surface area contributed by atoms with Gasteiger partial charge in [-0.05, 0) is 93.2 Å². The number of nitrogens with zero attached hydrogens (tertiary/aromatic N) is 3. The molecule has 166 valence electrons. The molecule has 31 heavy (non-hydrogen) atoms. The second-order valence-corrected chi connectivity index (χ2v) is 9.61. The highest BCUT2D eigenvalue weighted by Crippen LogP contribution is 2.43. The van der Waals surface area contributed by atoms with Crippen LogP contribution in [-0.4, -0.2) is 59.1 Å². The summed E-state index contributed by atoms with van der Waals surface area (Å²) in [7, 11) is 0. The van der Waals surface area contributed by atoms with Gasteiger partial charge in [0.2, 0.25) is 0 Å². The van der Waals surface area contributed by atoms with E-state index in [0.717, 1.165) is 54.7 Å². The number of aromatic hydroxyl groups is 1. The summed E-state index contributed by atoms with van der Waals surface area (Å²) in [5.41, 5.74) is 3.78. The zero-order valence-corrected chi connectivity index (χ0v) is 18.5. The van der Waals surface area contributed by atoms with Crippen LogP contribution in [0.4, 0.5) is 5.82 Å². The molecule has 1 aliphatic carbocycles. The number of hydrogen-bond donors (Lipinski definition) is 2. The molecule has 0 amide bonds. The number of anilines is 1. The average Bonchev–Trinajstić information content (AvgIpc) is 3.61. The van der Waals surface area contributed by atoms with Crippen molar-refractivity contribution in [2.75, 3.05) is 38.2 Å². The summed E-state index contributed by atoms with van der Waals surface area (Å²) in [6.45, 7) is 7.31. The largest absolute Gasteiger partial charge is 0.507 e. The van der Waals surface area contributed by atoms with Gasteiger partial charge in [-0.15, -0.1) is 10.2 Å². The molecule has 2 aromatic rings. The lowest BCUT2D eigenvalue weighted by molar-refractivity contribution is 0.0490. The fourth-order valence-corrected chi connectivity index (χ4v) is 5.08. The number of hydrogen-bond acceptors (Lipinski definition) is 6. The number of aromatic nitrogens is 2. The molecule has 2 aliphatic heterocycles. The van der Waals surface area contributed by atoms with Gasteiger partial charge in [0.05, 0.1) is 5.69 Å². The van der Waals surface area contributed by atoms with E-state index in [1.54, 1.807) is 0 Å². The maximum Gasteiger partial charge on any atom is 0.149 e. The summed E-state index contributed by atoms with van der Waals surface area (Å²) < 4.78 is 5.51. The van der Waals surface area contributed by atoms with Gasteiger partial charge >= 0.3 is 0 Å². The van der Waals surface area contributed by atoms with Gasteiger partial charge in [0.25, 0.3) is 0 Å². The molecule has 0 spiro atoms. The van der Waals surface area contributed by atoms with Crippen LogP contribution in [0.25, 0.3) is 11.3 Å². The molecular formula is C25H34N4O2. The second kappa shape index (κ2) is 9.13. The minimum atomic E-state index is 0.304. The van der Waals surface area contributed by atoms with E-state index in [4.69, 9.17) is 4.74 Å². The normalized spacial score (nSPS) is 23.1. The molecule has 0 unspecified atom stereocenters. The smallest absolute Gasteiger partial charge is 0.149 e. The van der Waals surface area contributed by atoms with E-state index < -0.39 is 0 Å². The first-order valence-corrected chi connectivity index (χ1v) is 11.9. The van der Waals surface area contributed by atoms with E-state index in [0.29, 0.717) is 17.7 Å². The summed E-state index contributed by atoms with van der Waals surface area (Å²) in [6, 6.07) is 8.47. The molecule has 3 heterocycles. The highest BCUT2D eigenvalue weighted by Gasteiger charge is 2.26. The standard InChI is InChI=1S/C25H34N4O2/c1-17-13-24(26-21-3-2-10-29(16-21)15-18-8-11-31-12-9-18)27-28-25(17)22-7-6-20(14-23(22)30)19-4-5-19/h6-7,13-14,18-19,21,30H,2-5,8-12,15-16H2,1H3,(H,26,27)/t21-/m1/s1. The first kappa shape index (κ1) is 20.7. The number of piperidine rings is 1. The van der Waals surface area contributed by atoms with Gasteiger partial charge in [-0.3, -0.25) is 0 Å². The molecule has 1 atom stereocenters. The number of phenolic OH excluding ortho intramolecular Hbond substituents is 1. The summed E-state index contributed by atoms with van der Waals surface area (Å²) in [6.07, 6.45) is 7.21. The number of rotatable bonds is 6. The third kappa shape index (κ3) is 5.01. The summed E-state index contributed by atoms with van der Waals surface area (Å²) in [5.74, 6) is 2.53. The van der Waals surface area contributed by atoms with Crippen molar-refractivity contribution in [3.63, 3.8) is 0 Å². The van der Waals surface area contributed by atoms with E-state index in [1.165, 1.54) is 50.8 Å². The maximum absolute atomic E-state index is 10.5. The minimum absolute atomic E-state index is 0.304. The topological polar surface area (TPSA) is 70.5 Å². The molecule has 5 rings (SSSR count). The molecule has 2 N–H and O–H groups in total. The number of phenols is 1. The van der Waals surface area contributed by atoms with E-state index in [9.17, 15) is 5.11 Å². The van der Waals surface area contributed by atoms with E-state index >= 15 is 0 Å². The lowest BCUT2D eigenvalue weighted by Gasteiger charge is -2.36. The molecule has 2 saturated heterocycles. The van der Waals surface area contributed by atoms with Crippen LogP contribution < -0.4 is 5.32 Å². The van der Waals surface area contributed by atoms with Gasteiger partial charge in [0, 0.05) is 37.9 Å². The monoisotopic (exact) mass is 422 g/mol. The van der Waals surface area contributed by atoms with Crippen LogP contribution in [0.5, 0.6) is 5.75 Å². The second-order valence-electron chi connectivity index (χ2n) is 9.61. The van der Waals surface area contributed by atoms with Crippen molar-refractivity contribution in [1.29, 1.82) is 0 Å². The molecule has 0 radical (unpaired) electrons. The van der Waals surface area contributed by atoms with Crippen molar-refractivity contribution >= 4 is 5.82 Å². The van der Waals surface area contributed by atoms with Crippen LogP contribution in [0.2, 0.25) is 0 Å². The fraction of sp³-hybridized carbons (Fsp3) is 0.600. The molecule has 0 bridgehead atoms. The predicted molar refractivity (Wildman–Crippen MR) is 122 cm³/mol. The van der Waals surface area contributed by atoms with Gasteiger partial charge in [-0.25, -0.2) is 0 Å². The van der Waals surface area contributed by atoms with Crippen LogP contribution in [-0.2, 0) is 4.74 Å². The number of ether oxygens (including phenoxy) is 1. The third-order valence-corrected chi connectivity index (χ3v) is 7.02. The number of benzene rings is 1. The van der Waals surface area contributed by atoms with Crippen LogP contribution in [0.1, 0.15) is 55.6 Å². The lowest BCUT2D eigenvalue weighted by Crippen LogP contribution is -2.44. The first-order chi connectivity index (χ1) is 15.2. The van der Waals surface area contributed by atoms with Crippen molar-refractivity contribution in [3.05, 3.63) is 35.4 Å². The molecular weight excluding hydrogens is 388 g/mol. The van der Waals surface area contributed by atoms with Gasteiger partial charge in [-0.1, -0.05) is 6.07 Å². The summed E-state index contributed by atoms with van der Waals surface area (Å²) in [4.78, 5) is 2.60. The van der Waals surface area contributed by atoms with Gasteiger partial charge in [0.1, 0.15) is 11.6 Å². The summed E-state index contributed by atoms with van der Waals surface area (Å²) >= 11 is 0. The van der Waals surface area contributed by atoms with Crippen LogP contribution >= 0.6 is 0 Å². The Balaban J connectivity index is 1.22. The Morgan fingerprint density at radius 1 is 1.10 bits per heavy atom. The van der Waals surface area contributed by atoms with Gasteiger partial charge < -0.3 is 20.1 Å². The fourth-order valence-electron chi connectivity index (χ4n) is 5.08. The summed E-state index contributed by atoms with van der Waals surface area (Å²) in [5, 5.41) is 23.1. The van der Waals surface area contributed by atoms with E-state index in [2.05, 4.69) is 32.5 Å². The third-order valence-electron chi connectivity index (χ3n) is 7.02. The molecule has 3 aliphatic rings. The quantitative estimate of drug-likeness (QED) is 0.722. The Morgan fingerprint density at radius 2 is 1.94 bits per heavy atom. The predicted octanol–water partition coefficient (Wildman–Crippen LogP) is 4.34. The highest BCUT2D eigenvalue weighted by atomic mass is 16.5. The number of likely N-dealkylation sites (tertiary alicyclic amines) is 1. The van der Waals surface area contributed by atoms with Crippen LogP contribution in [0, 0.1) is 12.8 Å². The SMILES string of the molecule is Cc1cc(N[C@@H]2CCCN(CC3CCOCC3)C2)nnc1-c1ccc(C2CC2)cc1O. The van der Waals surface area contributed by atoms with Crippen LogP contribution in [0.3, 0.4) is 0 Å². The Labute approximate surface area is 185 Å². The molecule has 1 aromatic heterocycles. The van der Waals surface area contributed by atoms with Gasteiger partial charge in [-0.2, -0.15) is 0 Å². The van der Waals surface area contributed by atoms with E-state index in [1.807, 2.05) is 19.1 Å². The highest BCUT2D eigenvalue weighted by molar-refractivity contribution is 5.70. The Bertz CT molecular complexity index is 908. The Kier molecular flexibility index (Phi) is 6.10.